The molecule has 1 amide bonds. The van der Waals surface area contributed by atoms with E-state index in [1.165, 1.54) is 24.3 Å². The predicted octanol–water partition coefficient (Wildman–Crippen LogP) is 3.02. The third-order valence-electron chi connectivity index (χ3n) is 4.10. The summed E-state index contributed by atoms with van der Waals surface area (Å²) in [6.45, 7) is -0.0890. The number of fused-ring (bicyclic) bond motifs is 1. The zero-order valence-electron chi connectivity index (χ0n) is 14.2. The molecular formula is C19H13ClF2N2O4. The van der Waals surface area contributed by atoms with E-state index in [0.717, 1.165) is 12.1 Å². The Morgan fingerprint density at radius 2 is 1.82 bits per heavy atom. The molecule has 1 heterocycles. The fraction of sp³-hybridized carbons (Fsp3) is 0.105. The second-order valence-corrected chi connectivity index (χ2v) is 6.44. The van der Waals surface area contributed by atoms with Gasteiger partial charge in [0, 0.05) is 22.5 Å². The van der Waals surface area contributed by atoms with Crippen molar-refractivity contribution in [2.24, 2.45) is 0 Å². The summed E-state index contributed by atoms with van der Waals surface area (Å²) < 4.78 is 27.3. The van der Waals surface area contributed by atoms with Gasteiger partial charge in [0.05, 0.1) is 11.9 Å². The van der Waals surface area contributed by atoms with Gasteiger partial charge in [-0.3, -0.25) is 9.59 Å². The van der Waals surface area contributed by atoms with Crippen LogP contribution in [0.25, 0.3) is 10.9 Å². The number of aromatic amines is 1. The molecule has 9 heteroatoms. The molecule has 0 radical (unpaired) electrons. The smallest absolute Gasteiger partial charge is 0.341 e. The van der Waals surface area contributed by atoms with Gasteiger partial charge >= 0.3 is 5.97 Å². The number of carbonyl (C=O) groups excluding carboxylic acids is 1. The normalized spacial score (nSPS) is 10.8. The van der Waals surface area contributed by atoms with Crippen molar-refractivity contribution in [1.82, 2.24) is 10.3 Å². The number of H-pyrrole nitrogens is 1. The van der Waals surface area contributed by atoms with Gasteiger partial charge in [-0.25, -0.2) is 13.6 Å². The third kappa shape index (κ3) is 4.01. The Bertz CT molecular complexity index is 1140. The summed E-state index contributed by atoms with van der Waals surface area (Å²) >= 11 is 6.03. The molecule has 0 atom stereocenters. The molecule has 0 saturated carbocycles. The molecule has 0 aliphatic rings. The molecule has 0 spiro atoms. The van der Waals surface area contributed by atoms with Crippen LogP contribution in [0, 0.1) is 11.6 Å². The molecule has 0 saturated heterocycles. The zero-order valence-corrected chi connectivity index (χ0v) is 14.9. The van der Waals surface area contributed by atoms with Gasteiger partial charge in [0.25, 0.3) is 5.56 Å². The maximum absolute atomic E-state index is 13.7. The minimum atomic E-state index is -1.38. The summed E-state index contributed by atoms with van der Waals surface area (Å²) in [5, 5.41) is 12.2. The van der Waals surface area contributed by atoms with Crippen LogP contribution < -0.4 is 10.9 Å². The topological polar surface area (TPSA) is 99.3 Å². The number of carbonyl (C=O) groups is 2. The molecule has 6 nitrogen and oxygen atoms in total. The first-order valence-electron chi connectivity index (χ1n) is 8.04. The lowest BCUT2D eigenvalue weighted by Crippen LogP contribution is -2.26. The number of hydrogen-bond acceptors (Lipinski definition) is 3. The van der Waals surface area contributed by atoms with Gasteiger partial charge in [0.1, 0.15) is 17.2 Å². The van der Waals surface area contributed by atoms with Crippen LogP contribution >= 0.6 is 11.6 Å². The largest absolute Gasteiger partial charge is 0.477 e. The Kier molecular flexibility index (Phi) is 5.41. The van der Waals surface area contributed by atoms with Gasteiger partial charge in [-0.1, -0.05) is 17.7 Å². The van der Waals surface area contributed by atoms with E-state index in [-0.39, 0.29) is 17.1 Å². The van der Waals surface area contributed by atoms with Crippen molar-refractivity contribution in [1.29, 1.82) is 0 Å². The highest BCUT2D eigenvalue weighted by atomic mass is 35.5. The fourth-order valence-corrected chi connectivity index (χ4v) is 3.02. The molecular weight excluding hydrogens is 394 g/mol. The van der Waals surface area contributed by atoms with Gasteiger partial charge < -0.3 is 15.4 Å². The molecule has 28 heavy (non-hydrogen) atoms. The lowest BCUT2D eigenvalue weighted by molar-refractivity contribution is -0.120. The molecule has 2 aromatic carbocycles. The molecule has 0 bridgehead atoms. The zero-order chi connectivity index (χ0) is 20.4. The van der Waals surface area contributed by atoms with Gasteiger partial charge in [0.2, 0.25) is 5.91 Å². The minimum Gasteiger partial charge on any atom is -0.477 e. The average molecular weight is 407 g/mol. The van der Waals surface area contributed by atoms with E-state index in [1.807, 2.05) is 0 Å². The number of halogens is 3. The summed E-state index contributed by atoms with van der Waals surface area (Å²) in [6, 6.07) is 7.46. The lowest BCUT2D eigenvalue weighted by Gasteiger charge is -2.10. The standard InChI is InChI=1S/C19H13ClF2N2O4/c20-11-4-9-6-13(19(27)28)18(26)24-17(9)10(5-11)8-23-16(25)7-12-14(21)2-1-3-15(12)22/h1-6H,7-8H2,(H,23,25)(H,24,26)(H,27,28). The lowest BCUT2D eigenvalue weighted by atomic mass is 10.1. The highest BCUT2D eigenvalue weighted by molar-refractivity contribution is 6.31. The number of pyridine rings is 1. The number of amides is 1. The van der Waals surface area contributed by atoms with Crippen LogP contribution in [-0.4, -0.2) is 22.0 Å². The van der Waals surface area contributed by atoms with Crippen LogP contribution in [0.5, 0.6) is 0 Å². The van der Waals surface area contributed by atoms with Gasteiger partial charge in [-0.15, -0.1) is 0 Å². The van der Waals surface area contributed by atoms with Crippen LogP contribution in [-0.2, 0) is 17.8 Å². The maximum Gasteiger partial charge on any atom is 0.341 e. The van der Waals surface area contributed by atoms with E-state index in [0.29, 0.717) is 16.5 Å². The van der Waals surface area contributed by atoms with E-state index in [4.69, 9.17) is 16.7 Å². The Hall–Kier alpha value is -3.26. The van der Waals surface area contributed by atoms with Gasteiger partial charge in [-0.2, -0.15) is 0 Å². The SMILES string of the molecule is O=C(Cc1c(F)cccc1F)NCc1cc(Cl)cc2cc(C(=O)O)c(=O)[nH]c12. The number of carboxylic acids is 1. The van der Waals surface area contributed by atoms with Crippen molar-refractivity contribution in [3.05, 3.63) is 80.1 Å². The van der Waals surface area contributed by atoms with Gasteiger partial charge in [0.15, 0.2) is 0 Å². The molecule has 3 aromatic rings. The van der Waals surface area contributed by atoms with Crippen molar-refractivity contribution < 1.29 is 23.5 Å². The fourth-order valence-electron chi connectivity index (χ4n) is 2.77. The van der Waals surface area contributed by atoms with Crippen LogP contribution in [0.4, 0.5) is 8.78 Å². The maximum atomic E-state index is 13.7. The summed E-state index contributed by atoms with van der Waals surface area (Å²) in [5.41, 5.74) is -0.880. The highest BCUT2D eigenvalue weighted by Gasteiger charge is 2.15. The van der Waals surface area contributed by atoms with Crippen LogP contribution in [0.1, 0.15) is 21.5 Å². The third-order valence-corrected chi connectivity index (χ3v) is 4.32. The summed E-state index contributed by atoms with van der Waals surface area (Å²) in [7, 11) is 0. The van der Waals surface area contributed by atoms with Crippen molar-refractivity contribution in [3.8, 4) is 0 Å². The molecule has 1 aromatic heterocycles. The number of rotatable bonds is 5. The van der Waals surface area contributed by atoms with Crippen molar-refractivity contribution in [3.63, 3.8) is 0 Å². The number of aromatic carboxylic acids is 1. The number of benzene rings is 2. The highest BCUT2D eigenvalue weighted by Crippen LogP contribution is 2.22. The molecule has 0 fully saturated rings. The minimum absolute atomic E-state index is 0.0890. The first-order valence-corrected chi connectivity index (χ1v) is 8.42. The van der Waals surface area contributed by atoms with E-state index in [1.54, 1.807) is 0 Å². The first kappa shape index (κ1) is 19.5. The van der Waals surface area contributed by atoms with Crippen LogP contribution in [0.15, 0.2) is 41.2 Å². The van der Waals surface area contributed by atoms with E-state index in [9.17, 15) is 23.2 Å². The van der Waals surface area contributed by atoms with Crippen LogP contribution in [0.2, 0.25) is 5.02 Å². The van der Waals surface area contributed by atoms with E-state index >= 15 is 0 Å². The van der Waals surface area contributed by atoms with E-state index < -0.39 is 41.1 Å². The monoisotopic (exact) mass is 406 g/mol. The van der Waals surface area contributed by atoms with Crippen LogP contribution in [0.3, 0.4) is 0 Å². The quantitative estimate of drug-likeness (QED) is 0.606. The summed E-state index contributed by atoms with van der Waals surface area (Å²) in [5.74, 6) is -3.67. The second-order valence-electron chi connectivity index (χ2n) is 6.00. The summed E-state index contributed by atoms with van der Waals surface area (Å²) in [6.07, 6.45) is -0.503. The number of nitrogens with one attached hydrogen (secondary N) is 2. The molecule has 3 rings (SSSR count). The van der Waals surface area contributed by atoms with Crippen molar-refractivity contribution in [2.75, 3.05) is 0 Å². The first-order chi connectivity index (χ1) is 13.3. The van der Waals surface area contributed by atoms with Crippen molar-refractivity contribution in [2.45, 2.75) is 13.0 Å². The Balaban J connectivity index is 1.86. The average Bonchev–Trinajstić information content (AvgIpc) is 2.62. The molecule has 0 unspecified atom stereocenters. The Morgan fingerprint density at radius 3 is 2.46 bits per heavy atom. The number of hydrogen-bond donors (Lipinski definition) is 3. The molecule has 0 aliphatic heterocycles. The number of aromatic nitrogens is 1. The predicted molar refractivity (Wildman–Crippen MR) is 98.4 cm³/mol. The van der Waals surface area contributed by atoms with Gasteiger partial charge in [-0.05, 0) is 35.9 Å². The Labute approximate surface area is 161 Å². The Morgan fingerprint density at radius 1 is 1.14 bits per heavy atom. The molecule has 144 valence electrons. The second kappa shape index (κ2) is 7.77. The van der Waals surface area contributed by atoms with E-state index in [2.05, 4.69) is 10.3 Å². The number of carboxylic acid groups (broad SMARTS) is 1. The molecule has 3 N–H and O–H groups in total. The molecule has 0 aliphatic carbocycles. The van der Waals surface area contributed by atoms with Crippen molar-refractivity contribution >= 4 is 34.4 Å². The summed E-state index contributed by atoms with van der Waals surface area (Å²) in [4.78, 5) is 37.6.